The number of pyridine rings is 1. The number of nitrogens with zero attached hydrogens (tertiary/aromatic N) is 1. The monoisotopic (exact) mass is 312 g/mol. The van der Waals surface area contributed by atoms with Crippen LogP contribution in [0.1, 0.15) is 24.0 Å². The smallest absolute Gasteiger partial charge is 0.292 e. The van der Waals surface area contributed by atoms with Gasteiger partial charge in [-0.1, -0.05) is 29.8 Å². The first-order valence-corrected chi connectivity index (χ1v) is 8.31. The lowest BCUT2D eigenvalue weighted by molar-refractivity contribution is 0.291. The van der Waals surface area contributed by atoms with Crippen molar-refractivity contribution in [1.29, 1.82) is 0 Å². The van der Waals surface area contributed by atoms with E-state index < -0.39 is 0 Å². The summed E-state index contributed by atoms with van der Waals surface area (Å²) in [5, 5.41) is 3.36. The van der Waals surface area contributed by atoms with Crippen molar-refractivity contribution >= 4 is 0 Å². The normalized spacial score (nSPS) is 15.5. The van der Waals surface area contributed by atoms with Crippen molar-refractivity contribution in [2.75, 3.05) is 13.1 Å². The van der Waals surface area contributed by atoms with Gasteiger partial charge in [-0.2, -0.15) is 0 Å². The van der Waals surface area contributed by atoms with Crippen molar-refractivity contribution in [3.63, 3.8) is 0 Å². The summed E-state index contributed by atoms with van der Waals surface area (Å²) in [6.07, 6.45) is 4.12. The summed E-state index contributed by atoms with van der Waals surface area (Å²) < 4.78 is 7.54. The van der Waals surface area contributed by atoms with Gasteiger partial charge in [-0.25, -0.2) is 0 Å². The van der Waals surface area contributed by atoms with Crippen LogP contribution in [0.3, 0.4) is 0 Å². The fourth-order valence-corrected chi connectivity index (χ4v) is 2.96. The second-order valence-corrected chi connectivity index (χ2v) is 6.30. The number of piperidine rings is 1. The first-order valence-electron chi connectivity index (χ1n) is 8.31. The van der Waals surface area contributed by atoms with Crippen LogP contribution < -0.4 is 15.6 Å². The second kappa shape index (κ2) is 7.47. The molecule has 4 nitrogen and oxygen atoms in total. The molecule has 23 heavy (non-hydrogen) atoms. The van der Waals surface area contributed by atoms with Gasteiger partial charge in [-0.05, 0) is 56.5 Å². The van der Waals surface area contributed by atoms with E-state index in [2.05, 4.69) is 24.4 Å². The van der Waals surface area contributed by atoms with E-state index in [1.165, 1.54) is 5.56 Å². The van der Waals surface area contributed by atoms with Gasteiger partial charge < -0.3 is 14.6 Å². The van der Waals surface area contributed by atoms with Gasteiger partial charge >= 0.3 is 0 Å². The van der Waals surface area contributed by atoms with Crippen molar-refractivity contribution in [2.24, 2.45) is 5.92 Å². The summed E-state index contributed by atoms with van der Waals surface area (Å²) in [6, 6.07) is 11.8. The van der Waals surface area contributed by atoms with Gasteiger partial charge in [0.15, 0.2) is 5.75 Å². The van der Waals surface area contributed by atoms with E-state index in [-0.39, 0.29) is 5.56 Å². The number of aryl methyl sites for hydroxylation is 1. The maximum atomic E-state index is 12.5. The van der Waals surface area contributed by atoms with Crippen LogP contribution in [0.2, 0.25) is 0 Å². The minimum Gasteiger partial charge on any atom is -0.483 e. The van der Waals surface area contributed by atoms with Crippen molar-refractivity contribution in [2.45, 2.75) is 32.9 Å². The summed E-state index contributed by atoms with van der Waals surface area (Å²) >= 11 is 0. The molecule has 0 bridgehead atoms. The predicted molar refractivity (Wildman–Crippen MR) is 91.8 cm³/mol. The molecule has 1 fully saturated rings. The maximum Gasteiger partial charge on any atom is 0.292 e. The molecule has 1 aromatic carbocycles. The number of nitrogens with one attached hydrogen (secondary N) is 1. The molecular formula is C19H24N2O2. The zero-order valence-electron chi connectivity index (χ0n) is 13.6. The van der Waals surface area contributed by atoms with Gasteiger partial charge in [0.2, 0.25) is 0 Å². The highest BCUT2D eigenvalue weighted by Crippen LogP contribution is 2.14. The molecule has 1 aliphatic heterocycles. The fourth-order valence-electron chi connectivity index (χ4n) is 2.96. The van der Waals surface area contributed by atoms with Crippen LogP contribution in [-0.2, 0) is 13.2 Å². The first kappa shape index (κ1) is 15.8. The first-order chi connectivity index (χ1) is 11.2. The summed E-state index contributed by atoms with van der Waals surface area (Å²) in [6.45, 7) is 5.35. The van der Waals surface area contributed by atoms with Gasteiger partial charge in [-0.3, -0.25) is 4.79 Å². The van der Waals surface area contributed by atoms with E-state index in [1.54, 1.807) is 10.6 Å². The van der Waals surface area contributed by atoms with Crippen LogP contribution in [0, 0.1) is 12.8 Å². The zero-order chi connectivity index (χ0) is 16.1. The summed E-state index contributed by atoms with van der Waals surface area (Å²) in [5.41, 5.74) is 2.26. The Morgan fingerprint density at radius 1 is 1.17 bits per heavy atom. The average molecular weight is 312 g/mol. The second-order valence-electron chi connectivity index (χ2n) is 6.30. The Morgan fingerprint density at radius 2 is 1.91 bits per heavy atom. The lowest BCUT2D eigenvalue weighted by Crippen LogP contribution is -2.32. The van der Waals surface area contributed by atoms with Gasteiger partial charge in [0.1, 0.15) is 6.61 Å². The van der Waals surface area contributed by atoms with Crippen LogP contribution in [0.25, 0.3) is 0 Å². The molecule has 4 heteroatoms. The van der Waals surface area contributed by atoms with E-state index in [0.717, 1.165) is 38.0 Å². The minimum atomic E-state index is -0.0295. The number of ether oxygens (including phenoxy) is 1. The van der Waals surface area contributed by atoms with Crippen LogP contribution >= 0.6 is 0 Å². The van der Waals surface area contributed by atoms with Crippen molar-refractivity contribution in [3.8, 4) is 5.75 Å². The number of aromatic nitrogens is 1. The van der Waals surface area contributed by atoms with E-state index in [1.807, 2.05) is 24.4 Å². The van der Waals surface area contributed by atoms with Crippen molar-refractivity contribution in [3.05, 3.63) is 64.1 Å². The molecule has 0 radical (unpaired) electrons. The van der Waals surface area contributed by atoms with E-state index in [0.29, 0.717) is 18.3 Å². The van der Waals surface area contributed by atoms with Crippen LogP contribution in [-0.4, -0.2) is 17.7 Å². The Balaban J connectivity index is 1.66. The largest absolute Gasteiger partial charge is 0.483 e. The quantitative estimate of drug-likeness (QED) is 0.923. The number of hydrogen-bond donors (Lipinski definition) is 1. The highest BCUT2D eigenvalue weighted by Gasteiger charge is 2.15. The number of rotatable bonds is 5. The van der Waals surface area contributed by atoms with E-state index in [9.17, 15) is 4.79 Å². The molecule has 1 saturated heterocycles. The minimum absolute atomic E-state index is 0.0295. The van der Waals surface area contributed by atoms with Gasteiger partial charge in [0, 0.05) is 12.7 Å². The molecule has 0 aliphatic carbocycles. The molecule has 1 N–H and O–H groups in total. The average Bonchev–Trinajstić information content (AvgIpc) is 2.58. The molecule has 0 spiro atoms. The molecular weight excluding hydrogens is 288 g/mol. The lowest BCUT2D eigenvalue weighted by atomic mass is 9.98. The number of hydrogen-bond acceptors (Lipinski definition) is 3. The third-order valence-electron chi connectivity index (χ3n) is 4.41. The molecule has 122 valence electrons. The van der Waals surface area contributed by atoms with Crippen LogP contribution in [0.5, 0.6) is 5.75 Å². The zero-order valence-corrected chi connectivity index (χ0v) is 13.6. The molecule has 3 rings (SSSR count). The molecule has 0 unspecified atom stereocenters. The Labute approximate surface area is 137 Å². The molecule has 2 aromatic rings. The molecule has 1 aliphatic rings. The summed E-state index contributed by atoms with van der Waals surface area (Å²) in [7, 11) is 0. The van der Waals surface area contributed by atoms with Gasteiger partial charge in [0.05, 0.1) is 0 Å². The SMILES string of the molecule is Cc1ccc(COc2cccn(CC3CCNCC3)c2=O)cc1. The van der Waals surface area contributed by atoms with Crippen LogP contribution in [0.15, 0.2) is 47.4 Å². The predicted octanol–water partition coefficient (Wildman–Crippen LogP) is 2.74. The molecule has 0 atom stereocenters. The Kier molecular flexibility index (Phi) is 5.13. The van der Waals surface area contributed by atoms with E-state index in [4.69, 9.17) is 4.74 Å². The lowest BCUT2D eigenvalue weighted by Gasteiger charge is -2.23. The van der Waals surface area contributed by atoms with Crippen molar-refractivity contribution in [1.82, 2.24) is 9.88 Å². The molecule has 1 aromatic heterocycles. The Morgan fingerprint density at radius 3 is 2.65 bits per heavy atom. The van der Waals surface area contributed by atoms with Gasteiger partial charge in [-0.15, -0.1) is 0 Å². The van der Waals surface area contributed by atoms with Crippen LogP contribution in [0.4, 0.5) is 0 Å². The molecule has 0 amide bonds. The van der Waals surface area contributed by atoms with Crippen molar-refractivity contribution < 1.29 is 4.74 Å². The maximum absolute atomic E-state index is 12.5. The topological polar surface area (TPSA) is 43.3 Å². The highest BCUT2D eigenvalue weighted by molar-refractivity contribution is 5.22. The third kappa shape index (κ3) is 4.23. The Hall–Kier alpha value is -2.07. The van der Waals surface area contributed by atoms with Gasteiger partial charge in [0.25, 0.3) is 5.56 Å². The number of benzene rings is 1. The third-order valence-corrected chi connectivity index (χ3v) is 4.41. The molecule has 2 heterocycles. The highest BCUT2D eigenvalue weighted by atomic mass is 16.5. The molecule has 0 saturated carbocycles. The Bertz CT molecular complexity index is 685. The summed E-state index contributed by atoms with van der Waals surface area (Å²) in [4.78, 5) is 12.5. The fraction of sp³-hybridized carbons (Fsp3) is 0.421. The standard InChI is InChI=1S/C19H24N2O2/c1-15-4-6-17(7-5-15)14-23-18-3-2-12-21(19(18)22)13-16-8-10-20-11-9-16/h2-7,12,16,20H,8-11,13-14H2,1H3. The van der Waals surface area contributed by atoms with E-state index >= 15 is 0 Å². The summed E-state index contributed by atoms with van der Waals surface area (Å²) in [5.74, 6) is 1.00.